The molecule has 1 amide bonds. The Hall–Kier alpha value is -3.81. The molecule has 8 heteroatoms. The third kappa shape index (κ3) is 4.12. The van der Waals surface area contributed by atoms with Crippen LogP contribution in [0.5, 0.6) is 0 Å². The topological polar surface area (TPSA) is 81.3 Å². The Morgan fingerprint density at radius 3 is 2.67 bits per heavy atom. The van der Waals surface area contributed by atoms with Gasteiger partial charge in [-0.05, 0) is 36.2 Å². The smallest absolute Gasteiger partial charge is 0.300 e. The molecule has 0 fully saturated rings. The van der Waals surface area contributed by atoms with Crippen LogP contribution in [0.25, 0.3) is 11.3 Å². The highest BCUT2D eigenvalue weighted by atomic mass is 19.1. The minimum Gasteiger partial charge on any atom is -0.326 e. The summed E-state index contributed by atoms with van der Waals surface area (Å²) in [6.07, 6.45) is 4.02. The first-order valence-corrected chi connectivity index (χ1v) is 9.57. The van der Waals surface area contributed by atoms with Crippen molar-refractivity contribution in [2.24, 2.45) is 5.92 Å². The molecule has 0 aliphatic rings. The maximum Gasteiger partial charge on any atom is 0.300 e. The Kier molecular flexibility index (Phi) is 5.38. The molecule has 2 aromatic carbocycles. The number of amides is 1. The number of benzene rings is 2. The first kappa shape index (κ1) is 19.5. The van der Waals surface area contributed by atoms with Gasteiger partial charge in [-0.3, -0.25) is 18.6 Å². The van der Waals surface area contributed by atoms with Crippen molar-refractivity contribution in [1.29, 1.82) is 0 Å². The zero-order chi connectivity index (χ0) is 21.1. The third-order valence-electron chi connectivity index (χ3n) is 4.75. The van der Waals surface area contributed by atoms with E-state index < -0.39 is 11.4 Å². The molecule has 2 aromatic heterocycles. The molecule has 0 saturated carbocycles. The molecule has 1 atom stereocenters. The maximum atomic E-state index is 13.5. The second-order valence-corrected chi connectivity index (χ2v) is 7.19. The fourth-order valence-corrected chi connectivity index (χ4v) is 3.34. The average molecular weight is 405 g/mol. The molecule has 152 valence electrons. The minimum atomic E-state index is -0.427. The van der Waals surface area contributed by atoms with Crippen molar-refractivity contribution in [3.63, 3.8) is 0 Å². The summed E-state index contributed by atoms with van der Waals surface area (Å²) >= 11 is 0. The van der Waals surface area contributed by atoms with Crippen molar-refractivity contribution in [3.8, 4) is 5.69 Å². The van der Waals surface area contributed by atoms with Gasteiger partial charge >= 0.3 is 5.56 Å². The van der Waals surface area contributed by atoms with Crippen molar-refractivity contribution in [3.05, 3.63) is 89.0 Å². The molecule has 0 unspecified atom stereocenters. The van der Waals surface area contributed by atoms with Crippen molar-refractivity contribution < 1.29 is 9.18 Å². The van der Waals surface area contributed by atoms with Crippen LogP contribution in [0.2, 0.25) is 0 Å². The zero-order valence-electron chi connectivity index (χ0n) is 16.3. The molecule has 4 aromatic rings. The van der Waals surface area contributed by atoms with Gasteiger partial charge < -0.3 is 5.32 Å². The van der Waals surface area contributed by atoms with Crippen LogP contribution < -0.4 is 10.9 Å². The van der Waals surface area contributed by atoms with Crippen LogP contribution in [-0.2, 0) is 11.2 Å². The normalized spacial score (nSPS) is 12.1. The quantitative estimate of drug-likeness (QED) is 0.534. The predicted octanol–water partition coefficient (Wildman–Crippen LogP) is 3.23. The number of carbonyl (C=O) groups excluding carboxylic acids is 1. The first-order valence-electron chi connectivity index (χ1n) is 9.57. The summed E-state index contributed by atoms with van der Waals surface area (Å²) in [7, 11) is 0. The number of hydrogen-bond acceptors (Lipinski definition) is 4. The molecule has 0 saturated heterocycles. The summed E-state index contributed by atoms with van der Waals surface area (Å²) in [5, 5.41) is 11.0. The lowest BCUT2D eigenvalue weighted by molar-refractivity contribution is -0.116. The molecule has 1 N–H and O–H groups in total. The fraction of sp³-hybridized carbons (Fsp3) is 0.182. The van der Waals surface area contributed by atoms with Crippen molar-refractivity contribution in [2.75, 3.05) is 5.32 Å². The Bertz CT molecular complexity index is 1250. The zero-order valence-corrected chi connectivity index (χ0v) is 16.3. The van der Waals surface area contributed by atoms with E-state index in [2.05, 4.69) is 15.5 Å². The van der Waals surface area contributed by atoms with Gasteiger partial charge in [-0.2, -0.15) is 0 Å². The van der Waals surface area contributed by atoms with E-state index in [1.54, 1.807) is 28.9 Å². The van der Waals surface area contributed by atoms with Gasteiger partial charge in [0.25, 0.3) is 0 Å². The highest BCUT2D eigenvalue weighted by Gasteiger charge is 2.16. The van der Waals surface area contributed by atoms with E-state index in [-0.39, 0.29) is 17.5 Å². The Balaban J connectivity index is 1.50. The third-order valence-corrected chi connectivity index (χ3v) is 4.75. The van der Waals surface area contributed by atoms with Crippen molar-refractivity contribution in [1.82, 2.24) is 19.2 Å². The van der Waals surface area contributed by atoms with E-state index in [9.17, 15) is 14.0 Å². The number of nitrogens with zero attached hydrogens (tertiary/aromatic N) is 4. The highest BCUT2D eigenvalue weighted by molar-refractivity contribution is 5.90. The number of rotatable bonds is 6. The molecule has 0 aliphatic carbocycles. The molecular weight excluding hydrogens is 385 g/mol. The van der Waals surface area contributed by atoms with Crippen LogP contribution in [0.1, 0.15) is 19.2 Å². The Morgan fingerprint density at radius 1 is 1.10 bits per heavy atom. The first-order chi connectivity index (χ1) is 14.5. The fourth-order valence-electron chi connectivity index (χ4n) is 3.34. The van der Waals surface area contributed by atoms with E-state index in [4.69, 9.17) is 0 Å². The van der Waals surface area contributed by atoms with E-state index in [1.807, 2.05) is 37.3 Å². The van der Waals surface area contributed by atoms with Gasteiger partial charge in [-0.1, -0.05) is 31.2 Å². The molecular formula is C22H20FN5O2. The summed E-state index contributed by atoms with van der Waals surface area (Å²) < 4.78 is 16.4. The second-order valence-electron chi connectivity index (χ2n) is 7.19. The molecule has 4 rings (SSSR count). The lowest BCUT2D eigenvalue weighted by Gasteiger charge is -2.11. The van der Waals surface area contributed by atoms with Gasteiger partial charge in [-0.15, -0.1) is 10.2 Å². The molecule has 30 heavy (non-hydrogen) atoms. The van der Waals surface area contributed by atoms with Crippen LogP contribution in [0, 0.1) is 11.7 Å². The van der Waals surface area contributed by atoms with E-state index >= 15 is 0 Å². The van der Waals surface area contributed by atoms with Crippen molar-refractivity contribution in [2.45, 2.75) is 19.8 Å². The number of aromatic nitrogens is 4. The van der Waals surface area contributed by atoms with E-state index in [0.717, 1.165) is 5.69 Å². The van der Waals surface area contributed by atoms with Gasteiger partial charge in [0.15, 0.2) is 0 Å². The largest absolute Gasteiger partial charge is 0.326 e. The number of halogens is 1. The number of para-hydroxylation sites is 1. The van der Waals surface area contributed by atoms with Crippen molar-refractivity contribution >= 4 is 17.2 Å². The maximum absolute atomic E-state index is 13.5. The Morgan fingerprint density at radius 2 is 1.90 bits per heavy atom. The molecule has 0 radical (unpaired) electrons. The van der Waals surface area contributed by atoms with Crippen LogP contribution in [-0.4, -0.2) is 25.1 Å². The SMILES string of the molecule is C[C@H](CC(=O)Nc1ccccc1)Cc1nnc2c(=O)n(-c3cccc(F)c3)ccn12. The summed E-state index contributed by atoms with van der Waals surface area (Å²) in [6.45, 7) is 1.94. The summed E-state index contributed by atoms with van der Waals surface area (Å²) in [5.74, 6) is 0.0697. The van der Waals surface area contributed by atoms with E-state index in [0.29, 0.717) is 24.4 Å². The van der Waals surface area contributed by atoms with Gasteiger partial charge in [0, 0.05) is 30.9 Å². The van der Waals surface area contributed by atoms with Crippen LogP contribution in [0.4, 0.5) is 10.1 Å². The number of fused-ring (bicyclic) bond motifs is 1. The number of carbonyl (C=O) groups is 1. The second kappa shape index (κ2) is 8.28. The number of hydrogen-bond donors (Lipinski definition) is 1. The summed E-state index contributed by atoms with van der Waals surface area (Å²) in [5.41, 5.74) is 0.924. The summed E-state index contributed by atoms with van der Waals surface area (Å²) in [4.78, 5) is 25.0. The molecule has 0 aliphatic heterocycles. The molecule has 2 heterocycles. The van der Waals surface area contributed by atoms with Gasteiger partial charge in [0.05, 0.1) is 5.69 Å². The van der Waals surface area contributed by atoms with Gasteiger partial charge in [-0.25, -0.2) is 4.39 Å². The lowest BCUT2D eigenvalue weighted by atomic mass is 10.0. The number of nitrogens with one attached hydrogen (secondary N) is 1. The highest BCUT2D eigenvalue weighted by Crippen LogP contribution is 2.14. The molecule has 0 bridgehead atoms. The van der Waals surface area contributed by atoms with Crippen LogP contribution in [0.3, 0.4) is 0 Å². The standard InChI is InChI=1S/C22H20FN5O2/c1-15(13-20(29)24-17-7-3-2-4-8-17)12-19-25-26-21-22(30)27(10-11-28(19)21)18-9-5-6-16(23)14-18/h2-11,14-15H,12-13H2,1H3,(H,24,29)/t15-/m0/s1. The van der Waals surface area contributed by atoms with Gasteiger partial charge in [0.1, 0.15) is 11.6 Å². The molecule has 0 spiro atoms. The predicted molar refractivity (Wildman–Crippen MR) is 111 cm³/mol. The van der Waals surface area contributed by atoms with Crippen LogP contribution >= 0.6 is 0 Å². The van der Waals surface area contributed by atoms with Crippen LogP contribution in [0.15, 0.2) is 71.8 Å². The van der Waals surface area contributed by atoms with Gasteiger partial charge in [0.2, 0.25) is 11.6 Å². The average Bonchev–Trinajstić information content (AvgIpc) is 3.12. The molecule has 7 nitrogen and oxygen atoms in total. The Labute approximate surface area is 171 Å². The summed E-state index contributed by atoms with van der Waals surface area (Å²) in [6, 6.07) is 15.0. The van der Waals surface area contributed by atoms with E-state index in [1.165, 1.54) is 16.7 Å². The lowest BCUT2D eigenvalue weighted by Crippen LogP contribution is -2.21. The monoisotopic (exact) mass is 405 g/mol. The minimum absolute atomic E-state index is 0.00763. The number of anilines is 1.